The molecule has 0 fully saturated rings. The lowest BCUT2D eigenvalue weighted by Gasteiger charge is -2.13. The monoisotopic (exact) mass is 193 g/mol. The summed E-state index contributed by atoms with van der Waals surface area (Å²) in [6, 6.07) is 0. The van der Waals surface area contributed by atoms with Gasteiger partial charge in [-0.05, 0) is 0 Å². The SMILES string of the molecule is CC(C)(C)c1onc(Cl)c1Cl. The summed E-state index contributed by atoms with van der Waals surface area (Å²) < 4.78 is 4.95. The number of rotatable bonds is 0. The first-order chi connectivity index (χ1) is 4.93. The fourth-order valence-corrected chi connectivity index (χ4v) is 1.20. The molecule has 1 aromatic rings. The maximum Gasteiger partial charge on any atom is 0.191 e. The van der Waals surface area contributed by atoms with Crippen molar-refractivity contribution in [3.8, 4) is 0 Å². The Bertz CT molecular complexity index is 262. The molecule has 1 aromatic heterocycles. The van der Waals surface area contributed by atoms with Crippen LogP contribution in [0.5, 0.6) is 0 Å². The fraction of sp³-hybridized carbons (Fsp3) is 0.571. The van der Waals surface area contributed by atoms with E-state index in [1.165, 1.54) is 0 Å². The van der Waals surface area contributed by atoms with Crippen molar-refractivity contribution in [3.63, 3.8) is 0 Å². The minimum atomic E-state index is -0.142. The van der Waals surface area contributed by atoms with E-state index >= 15 is 0 Å². The fourth-order valence-electron chi connectivity index (χ4n) is 0.726. The summed E-state index contributed by atoms with van der Waals surface area (Å²) in [7, 11) is 0. The summed E-state index contributed by atoms with van der Waals surface area (Å²) in [6.45, 7) is 5.95. The first kappa shape index (κ1) is 8.88. The van der Waals surface area contributed by atoms with E-state index < -0.39 is 0 Å². The van der Waals surface area contributed by atoms with Gasteiger partial charge in [-0.25, -0.2) is 0 Å². The molecule has 0 aliphatic carbocycles. The van der Waals surface area contributed by atoms with Gasteiger partial charge in [0.15, 0.2) is 10.9 Å². The molecule has 0 aromatic carbocycles. The molecule has 0 atom stereocenters. The van der Waals surface area contributed by atoms with Gasteiger partial charge in [0.25, 0.3) is 0 Å². The largest absolute Gasteiger partial charge is 0.358 e. The Morgan fingerprint density at radius 1 is 1.27 bits per heavy atom. The van der Waals surface area contributed by atoms with E-state index in [4.69, 9.17) is 27.7 Å². The molecule has 11 heavy (non-hydrogen) atoms. The highest BCUT2D eigenvalue weighted by molar-refractivity contribution is 6.41. The third-order valence-corrected chi connectivity index (χ3v) is 1.98. The second kappa shape index (κ2) is 2.68. The summed E-state index contributed by atoms with van der Waals surface area (Å²) in [6.07, 6.45) is 0. The molecule has 2 nitrogen and oxygen atoms in total. The molecule has 0 saturated carbocycles. The van der Waals surface area contributed by atoms with E-state index in [0.29, 0.717) is 10.8 Å². The molecule has 0 saturated heterocycles. The predicted octanol–water partition coefficient (Wildman–Crippen LogP) is 3.28. The van der Waals surface area contributed by atoms with Gasteiger partial charge in [-0.3, -0.25) is 0 Å². The molecule has 0 N–H and O–H groups in total. The second-order valence-corrected chi connectivity index (χ2v) is 4.10. The Morgan fingerprint density at radius 2 is 1.82 bits per heavy atom. The maximum absolute atomic E-state index is 5.81. The third kappa shape index (κ3) is 1.68. The number of hydrogen-bond donors (Lipinski definition) is 0. The van der Waals surface area contributed by atoms with Crippen LogP contribution in [0.25, 0.3) is 0 Å². The van der Waals surface area contributed by atoms with Crippen molar-refractivity contribution in [1.29, 1.82) is 0 Å². The van der Waals surface area contributed by atoms with E-state index in [-0.39, 0.29) is 10.6 Å². The van der Waals surface area contributed by atoms with Gasteiger partial charge >= 0.3 is 0 Å². The van der Waals surface area contributed by atoms with Crippen molar-refractivity contribution >= 4 is 23.2 Å². The van der Waals surface area contributed by atoms with Gasteiger partial charge < -0.3 is 4.52 Å². The van der Waals surface area contributed by atoms with Crippen molar-refractivity contribution in [1.82, 2.24) is 5.16 Å². The number of halogens is 2. The molecular formula is C7H9Cl2NO. The van der Waals surface area contributed by atoms with Gasteiger partial charge in [0, 0.05) is 5.41 Å². The summed E-state index contributed by atoms with van der Waals surface area (Å²) in [5, 5.41) is 4.19. The second-order valence-electron chi connectivity index (χ2n) is 3.37. The summed E-state index contributed by atoms with van der Waals surface area (Å²) >= 11 is 11.4. The quantitative estimate of drug-likeness (QED) is 0.633. The molecule has 1 heterocycles. The minimum absolute atomic E-state index is 0.142. The lowest BCUT2D eigenvalue weighted by molar-refractivity contribution is 0.329. The van der Waals surface area contributed by atoms with E-state index in [9.17, 15) is 0 Å². The first-order valence-electron chi connectivity index (χ1n) is 3.24. The van der Waals surface area contributed by atoms with Gasteiger partial charge in [0.2, 0.25) is 0 Å². The third-order valence-electron chi connectivity index (χ3n) is 1.28. The van der Waals surface area contributed by atoms with Crippen LogP contribution < -0.4 is 0 Å². The van der Waals surface area contributed by atoms with Crippen molar-refractivity contribution in [2.24, 2.45) is 0 Å². The number of aromatic nitrogens is 1. The van der Waals surface area contributed by atoms with Crippen LogP contribution in [0.4, 0.5) is 0 Å². The Hall–Kier alpha value is -0.210. The van der Waals surface area contributed by atoms with Crippen LogP contribution in [0.2, 0.25) is 10.2 Å². The molecule has 0 spiro atoms. The highest BCUT2D eigenvalue weighted by Crippen LogP contribution is 2.33. The lowest BCUT2D eigenvalue weighted by atomic mass is 9.93. The molecule has 0 bridgehead atoms. The topological polar surface area (TPSA) is 26.0 Å². The zero-order valence-corrected chi connectivity index (χ0v) is 8.12. The predicted molar refractivity (Wildman–Crippen MR) is 45.2 cm³/mol. The van der Waals surface area contributed by atoms with Gasteiger partial charge in [-0.15, -0.1) is 0 Å². The minimum Gasteiger partial charge on any atom is -0.358 e. The zero-order chi connectivity index (χ0) is 8.65. The molecular weight excluding hydrogens is 185 g/mol. The van der Waals surface area contributed by atoms with Crippen LogP contribution >= 0.6 is 23.2 Å². The zero-order valence-electron chi connectivity index (χ0n) is 6.61. The summed E-state index contributed by atoms with van der Waals surface area (Å²) in [5.41, 5.74) is -0.142. The van der Waals surface area contributed by atoms with Crippen molar-refractivity contribution < 1.29 is 4.52 Å². The van der Waals surface area contributed by atoms with E-state index in [2.05, 4.69) is 5.16 Å². The van der Waals surface area contributed by atoms with Gasteiger partial charge in [-0.2, -0.15) is 0 Å². The van der Waals surface area contributed by atoms with E-state index in [0.717, 1.165) is 0 Å². The average Bonchev–Trinajstić information content (AvgIpc) is 2.11. The van der Waals surface area contributed by atoms with Crippen LogP contribution in [0.3, 0.4) is 0 Å². The molecule has 0 radical (unpaired) electrons. The van der Waals surface area contributed by atoms with Crippen LogP contribution in [-0.4, -0.2) is 5.16 Å². The smallest absolute Gasteiger partial charge is 0.191 e. The molecule has 62 valence electrons. The average molecular weight is 194 g/mol. The van der Waals surface area contributed by atoms with Crippen LogP contribution in [0.15, 0.2) is 4.52 Å². The van der Waals surface area contributed by atoms with Crippen molar-refractivity contribution in [2.75, 3.05) is 0 Å². The molecule has 0 aliphatic rings. The molecule has 4 heteroatoms. The Balaban J connectivity index is 3.15. The van der Waals surface area contributed by atoms with Gasteiger partial charge in [0.1, 0.15) is 5.02 Å². The Kier molecular flexibility index (Phi) is 2.17. The molecule has 0 unspecified atom stereocenters. The van der Waals surface area contributed by atoms with Crippen LogP contribution in [0, 0.1) is 0 Å². The lowest BCUT2D eigenvalue weighted by Crippen LogP contribution is -2.09. The van der Waals surface area contributed by atoms with Crippen LogP contribution in [-0.2, 0) is 5.41 Å². The highest BCUT2D eigenvalue weighted by atomic mass is 35.5. The van der Waals surface area contributed by atoms with Gasteiger partial charge in [0.05, 0.1) is 0 Å². The van der Waals surface area contributed by atoms with Crippen molar-refractivity contribution in [3.05, 3.63) is 15.9 Å². The van der Waals surface area contributed by atoms with Crippen molar-refractivity contribution in [2.45, 2.75) is 26.2 Å². The number of nitrogens with zero attached hydrogens (tertiary/aromatic N) is 1. The maximum atomic E-state index is 5.81. The van der Waals surface area contributed by atoms with E-state index in [1.807, 2.05) is 20.8 Å². The summed E-state index contributed by atoms with van der Waals surface area (Å²) in [5.74, 6) is 0.629. The molecule has 1 rings (SSSR count). The Morgan fingerprint density at radius 3 is 2.00 bits per heavy atom. The number of hydrogen-bond acceptors (Lipinski definition) is 2. The first-order valence-corrected chi connectivity index (χ1v) is 3.99. The highest BCUT2D eigenvalue weighted by Gasteiger charge is 2.24. The molecule has 0 aliphatic heterocycles. The normalized spacial score (nSPS) is 12.1. The Labute approximate surface area is 75.5 Å². The van der Waals surface area contributed by atoms with Gasteiger partial charge in [-0.1, -0.05) is 49.1 Å². The molecule has 0 amide bonds. The van der Waals surface area contributed by atoms with E-state index in [1.54, 1.807) is 0 Å². The summed E-state index contributed by atoms with van der Waals surface area (Å²) in [4.78, 5) is 0. The van der Waals surface area contributed by atoms with Crippen LogP contribution in [0.1, 0.15) is 26.5 Å². The standard InChI is InChI=1S/C7H9Cl2NO/c1-7(2,3)5-4(8)6(9)10-11-5/h1-3H3.